The maximum atomic E-state index is 11.9. The van der Waals surface area contributed by atoms with Crippen LogP contribution in [0.4, 0.5) is 0 Å². The molecule has 3 unspecified atom stereocenters. The van der Waals surface area contributed by atoms with Gasteiger partial charge in [0.1, 0.15) is 0 Å². The van der Waals surface area contributed by atoms with Crippen LogP contribution in [-0.4, -0.2) is 24.3 Å². The molecule has 3 rings (SSSR count). The number of carbonyl (C=O) groups is 2. The molecule has 0 saturated heterocycles. The Labute approximate surface area is 302 Å². The Hall–Kier alpha value is -2.59. The third-order valence-electron chi connectivity index (χ3n) is 9.40. The molecule has 49 heavy (non-hydrogen) atoms. The van der Waals surface area contributed by atoms with Crippen LogP contribution in [0.3, 0.4) is 0 Å². The Morgan fingerprint density at radius 3 is 1.59 bits per heavy atom. The fourth-order valence-corrected chi connectivity index (χ4v) is 6.38. The molecule has 1 fully saturated rings. The van der Waals surface area contributed by atoms with Crippen molar-refractivity contribution in [3.8, 4) is 0 Å². The maximum Gasteiger partial charge on any atom is 0.163 e. The molecule has 1 aliphatic rings. The van der Waals surface area contributed by atoms with E-state index in [4.69, 9.17) is 0 Å². The van der Waals surface area contributed by atoms with Gasteiger partial charge in [0.2, 0.25) is 0 Å². The standard InChI is InChI=1S/C16H25NO.C16H23NO.C13H26/c2*1-12(2)9-16(18)15-7-5-14(6-8-15)11-17-10-13(3)4;1-9(2)12-7-6-11(5)13(8-12)10(3)4/h5-8,12-13,17H,9-11H2,1-4H3;5-8,10,12-13H,9,11H2,1-4H3;9-13H,6-8H2,1-5H3. The Balaban J connectivity index is 0.000000373. The zero-order valence-corrected chi connectivity index (χ0v) is 33.8. The molecule has 3 atom stereocenters. The molecule has 276 valence electrons. The number of hydrogen-bond donors (Lipinski definition) is 1. The van der Waals surface area contributed by atoms with Crippen LogP contribution in [0.5, 0.6) is 0 Å². The van der Waals surface area contributed by atoms with Gasteiger partial charge in [0.05, 0.1) is 6.54 Å². The summed E-state index contributed by atoms with van der Waals surface area (Å²) >= 11 is 0. The average Bonchev–Trinajstić information content (AvgIpc) is 3.01. The summed E-state index contributed by atoms with van der Waals surface area (Å²) in [5, 5.41) is 3.40. The molecular weight excluding hydrogens is 601 g/mol. The number of rotatable bonds is 15. The molecule has 1 N–H and O–H groups in total. The lowest BCUT2D eigenvalue weighted by Crippen LogP contribution is -2.29. The lowest BCUT2D eigenvalue weighted by Gasteiger charge is -2.38. The predicted octanol–water partition coefficient (Wildman–Crippen LogP) is 12.2. The predicted molar refractivity (Wildman–Crippen MR) is 214 cm³/mol. The van der Waals surface area contributed by atoms with Crippen LogP contribution >= 0.6 is 0 Å². The van der Waals surface area contributed by atoms with Crippen molar-refractivity contribution in [2.75, 3.05) is 6.54 Å². The highest BCUT2D eigenvalue weighted by molar-refractivity contribution is 5.96. The fourth-order valence-electron chi connectivity index (χ4n) is 6.38. The molecule has 2 aromatic carbocycles. The Morgan fingerprint density at radius 2 is 1.18 bits per heavy atom. The van der Waals surface area contributed by atoms with Crippen molar-refractivity contribution in [3.63, 3.8) is 0 Å². The van der Waals surface area contributed by atoms with Gasteiger partial charge in [0, 0.05) is 36.7 Å². The van der Waals surface area contributed by atoms with Crippen molar-refractivity contribution in [2.45, 2.75) is 135 Å². The monoisotopic (exact) mass is 675 g/mol. The summed E-state index contributed by atoms with van der Waals surface area (Å²) in [6.45, 7) is 31.5. The molecule has 0 spiro atoms. The first-order chi connectivity index (χ1) is 23.0. The first kappa shape index (κ1) is 44.4. The first-order valence-corrected chi connectivity index (χ1v) is 19.4. The minimum atomic E-state index is 0.224. The van der Waals surface area contributed by atoms with Crippen molar-refractivity contribution in [2.24, 2.45) is 58.3 Å². The molecule has 0 aliphatic heterocycles. The molecule has 1 saturated carbocycles. The van der Waals surface area contributed by atoms with Crippen LogP contribution in [0, 0.1) is 53.3 Å². The normalized spacial score (nSPS) is 17.9. The van der Waals surface area contributed by atoms with E-state index in [0.29, 0.717) is 43.1 Å². The topological polar surface area (TPSA) is 58.5 Å². The van der Waals surface area contributed by atoms with E-state index in [1.54, 1.807) is 0 Å². The highest BCUT2D eigenvalue weighted by atomic mass is 16.1. The van der Waals surface area contributed by atoms with Gasteiger partial charge in [-0.3, -0.25) is 14.6 Å². The Bertz CT molecular complexity index is 1210. The first-order valence-electron chi connectivity index (χ1n) is 19.4. The van der Waals surface area contributed by atoms with E-state index < -0.39 is 0 Å². The van der Waals surface area contributed by atoms with Gasteiger partial charge in [0.25, 0.3) is 0 Å². The molecular formula is C45H74N2O2. The van der Waals surface area contributed by atoms with Gasteiger partial charge in [-0.05, 0) is 83.8 Å². The smallest absolute Gasteiger partial charge is 0.163 e. The molecule has 0 bridgehead atoms. The molecule has 0 radical (unpaired) electrons. The van der Waals surface area contributed by atoms with E-state index >= 15 is 0 Å². The molecule has 2 aromatic rings. The van der Waals surface area contributed by atoms with Crippen molar-refractivity contribution in [3.05, 3.63) is 70.8 Å². The summed E-state index contributed by atoms with van der Waals surface area (Å²) in [6.07, 6.45) is 7.62. The SMILES string of the molecule is CC(C)C1CCC(C)C(C(C)C)C1.CC(C)C=NCc1ccc(C(=O)CC(C)C)cc1.CC(C)CNCc1ccc(C(=O)CC(C)C)cc1. The van der Waals surface area contributed by atoms with Crippen LogP contribution in [0.2, 0.25) is 0 Å². The molecule has 4 heteroatoms. The van der Waals surface area contributed by atoms with Gasteiger partial charge in [0.15, 0.2) is 11.6 Å². The molecule has 0 heterocycles. The van der Waals surface area contributed by atoms with E-state index in [1.807, 2.05) is 54.7 Å². The van der Waals surface area contributed by atoms with E-state index in [-0.39, 0.29) is 11.6 Å². The highest BCUT2D eigenvalue weighted by Gasteiger charge is 2.30. The zero-order chi connectivity index (χ0) is 37.1. The summed E-state index contributed by atoms with van der Waals surface area (Å²) in [5.74, 6) is 7.19. The minimum absolute atomic E-state index is 0.224. The Morgan fingerprint density at radius 1 is 0.694 bits per heavy atom. The second-order valence-corrected chi connectivity index (χ2v) is 16.9. The average molecular weight is 675 g/mol. The Kier molecular flexibility index (Phi) is 21.5. The van der Waals surface area contributed by atoms with E-state index in [1.165, 1.54) is 24.8 Å². The third kappa shape index (κ3) is 19.4. The molecule has 4 nitrogen and oxygen atoms in total. The van der Waals surface area contributed by atoms with Crippen LogP contribution in [-0.2, 0) is 13.1 Å². The molecule has 1 aliphatic carbocycles. The summed E-state index contributed by atoms with van der Waals surface area (Å²) in [5.41, 5.74) is 4.02. The number of nitrogens with zero attached hydrogens (tertiary/aromatic N) is 1. The number of Topliss-reactive ketones (excluding diaryl/α,β-unsaturated/α-hetero) is 2. The van der Waals surface area contributed by atoms with Gasteiger partial charge in [-0.1, -0.05) is 145 Å². The van der Waals surface area contributed by atoms with Gasteiger partial charge < -0.3 is 5.32 Å². The second-order valence-electron chi connectivity index (χ2n) is 16.9. The molecule has 0 aromatic heterocycles. The largest absolute Gasteiger partial charge is 0.312 e. The summed E-state index contributed by atoms with van der Waals surface area (Å²) in [7, 11) is 0. The van der Waals surface area contributed by atoms with Crippen LogP contribution in [0.1, 0.15) is 154 Å². The second kappa shape index (κ2) is 23.7. The number of ketones is 2. The van der Waals surface area contributed by atoms with Gasteiger partial charge in [-0.25, -0.2) is 0 Å². The van der Waals surface area contributed by atoms with Crippen molar-refractivity contribution >= 4 is 17.8 Å². The van der Waals surface area contributed by atoms with E-state index in [9.17, 15) is 9.59 Å². The van der Waals surface area contributed by atoms with Gasteiger partial charge in [-0.2, -0.15) is 0 Å². The van der Waals surface area contributed by atoms with Gasteiger partial charge >= 0.3 is 0 Å². The number of hydrogen-bond acceptors (Lipinski definition) is 4. The minimum Gasteiger partial charge on any atom is -0.312 e. The highest BCUT2D eigenvalue weighted by Crippen LogP contribution is 2.40. The van der Waals surface area contributed by atoms with Crippen LogP contribution in [0.25, 0.3) is 0 Å². The summed E-state index contributed by atoms with van der Waals surface area (Å²) < 4.78 is 0. The number of aliphatic imine (C=N–C) groups is 1. The van der Waals surface area contributed by atoms with Crippen LogP contribution in [0.15, 0.2) is 53.5 Å². The lowest BCUT2D eigenvalue weighted by atomic mass is 9.67. The maximum absolute atomic E-state index is 11.9. The van der Waals surface area contributed by atoms with Crippen LogP contribution < -0.4 is 5.32 Å². The van der Waals surface area contributed by atoms with Gasteiger partial charge in [-0.15, -0.1) is 0 Å². The van der Waals surface area contributed by atoms with E-state index in [2.05, 4.69) is 100 Å². The summed E-state index contributed by atoms with van der Waals surface area (Å²) in [4.78, 5) is 28.0. The van der Waals surface area contributed by atoms with Crippen molar-refractivity contribution < 1.29 is 9.59 Å². The zero-order valence-electron chi connectivity index (χ0n) is 33.8. The third-order valence-corrected chi connectivity index (χ3v) is 9.40. The lowest BCUT2D eigenvalue weighted by molar-refractivity contribution is 0.0959. The number of benzene rings is 2. The van der Waals surface area contributed by atoms with Crippen molar-refractivity contribution in [1.29, 1.82) is 0 Å². The number of carbonyl (C=O) groups excluding carboxylic acids is 2. The van der Waals surface area contributed by atoms with Crippen molar-refractivity contribution in [1.82, 2.24) is 5.32 Å². The summed E-state index contributed by atoms with van der Waals surface area (Å²) in [6, 6.07) is 15.8. The van der Waals surface area contributed by atoms with E-state index in [0.717, 1.165) is 59.4 Å². The fraction of sp³-hybridized carbons (Fsp3) is 0.667. The number of nitrogens with one attached hydrogen (secondary N) is 1. The quantitative estimate of drug-likeness (QED) is 0.151. The molecule has 0 amide bonds.